The number of carbonyl (C=O) groups excluding carboxylic acids is 4. The number of furan rings is 1. The molecule has 0 bridgehead atoms. The lowest BCUT2D eigenvalue weighted by molar-refractivity contribution is -0.141. The van der Waals surface area contributed by atoms with E-state index in [1.54, 1.807) is 13.2 Å². The first kappa shape index (κ1) is 38.2. The van der Waals surface area contributed by atoms with Crippen molar-refractivity contribution in [2.75, 3.05) is 20.8 Å². The lowest BCUT2D eigenvalue weighted by Gasteiger charge is -2.29. The number of methoxy groups -OCH3 is 2. The molecule has 0 spiro atoms. The number of nitrogens with one attached hydrogen (secondary N) is 3. The van der Waals surface area contributed by atoms with Crippen LogP contribution < -0.4 is 24.8 Å². The predicted molar refractivity (Wildman–Crippen MR) is 209 cm³/mol. The van der Waals surface area contributed by atoms with Crippen LogP contribution in [0.3, 0.4) is 0 Å². The van der Waals surface area contributed by atoms with Gasteiger partial charge < -0.3 is 34.2 Å². The van der Waals surface area contributed by atoms with Crippen LogP contribution in [0.1, 0.15) is 57.8 Å². The number of para-hydroxylation sites is 1. The number of aromatic nitrogens is 1. The van der Waals surface area contributed by atoms with E-state index in [0.717, 1.165) is 23.8 Å². The molecule has 0 unspecified atom stereocenters. The molecule has 2 aromatic carbocycles. The molecule has 2 aliphatic carbocycles. The molecule has 4 aliphatic rings. The summed E-state index contributed by atoms with van der Waals surface area (Å²) in [6, 6.07) is 14.5. The average molecular weight is 800 g/mol. The third kappa shape index (κ3) is 7.74. The predicted octanol–water partition coefficient (Wildman–Crippen LogP) is 4.73. The minimum atomic E-state index is -3.91. The van der Waals surface area contributed by atoms with E-state index in [2.05, 4.69) is 15.4 Å². The highest BCUT2D eigenvalue weighted by atomic mass is 32.2. The van der Waals surface area contributed by atoms with Gasteiger partial charge in [-0.3, -0.25) is 19.1 Å². The van der Waals surface area contributed by atoms with Crippen LogP contribution in [0.25, 0.3) is 33.3 Å². The number of pyridine rings is 1. The molecule has 57 heavy (non-hydrogen) atoms. The second kappa shape index (κ2) is 15.4. The Morgan fingerprint density at radius 2 is 1.84 bits per heavy atom. The quantitative estimate of drug-likeness (QED) is 0.209. The molecule has 2 aliphatic heterocycles. The van der Waals surface area contributed by atoms with Crippen LogP contribution in [0.2, 0.25) is 0 Å². The zero-order chi connectivity index (χ0) is 39.9. The third-order valence-corrected chi connectivity index (χ3v) is 13.1. The number of alkyl carbamates (subject to hydrolysis) is 1. The van der Waals surface area contributed by atoms with Gasteiger partial charge in [-0.15, -0.1) is 0 Å². The number of hydrogen-bond donors (Lipinski definition) is 3. The number of fused-ring (bicyclic) bond motifs is 5. The lowest BCUT2D eigenvalue weighted by atomic mass is 10.1. The van der Waals surface area contributed by atoms with Crippen LogP contribution in [0, 0.1) is 5.92 Å². The molecule has 8 rings (SSSR count). The summed E-state index contributed by atoms with van der Waals surface area (Å²) in [6.07, 6.45) is 6.53. The van der Waals surface area contributed by atoms with E-state index in [0.29, 0.717) is 66.0 Å². The number of nitrogens with zero attached hydrogens (tertiary/aromatic N) is 2. The van der Waals surface area contributed by atoms with Gasteiger partial charge in [0, 0.05) is 29.4 Å². The largest absolute Gasteiger partial charge is 0.497 e. The van der Waals surface area contributed by atoms with Crippen molar-refractivity contribution in [3.8, 4) is 22.8 Å². The van der Waals surface area contributed by atoms with Gasteiger partial charge in [0.25, 0.3) is 5.91 Å². The Labute approximate surface area is 329 Å². The van der Waals surface area contributed by atoms with Crippen LogP contribution >= 0.6 is 0 Å². The second-order valence-corrected chi connectivity index (χ2v) is 17.2. The van der Waals surface area contributed by atoms with E-state index < -0.39 is 68.7 Å². The van der Waals surface area contributed by atoms with Gasteiger partial charge in [-0.25, -0.2) is 18.2 Å². The van der Waals surface area contributed by atoms with Crippen molar-refractivity contribution in [3.63, 3.8) is 0 Å². The van der Waals surface area contributed by atoms with Gasteiger partial charge in [-0.05, 0) is 62.8 Å². The van der Waals surface area contributed by atoms with Crippen molar-refractivity contribution >= 4 is 55.9 Å². The summed E-state index contributed by atoms with van der Waals surface area (Å²) in [6.45, 7) is -0.0482. The molecule has 1 saturated heterocycles. The minimum Gasteiger partial charge on any atom is -0.497 e. The number of benzene rings is 2. The first-order valence-electron chi connectivity index (χ1n) is 19.3. The fraction of sp³-hybridized carbons (Fsp3) is 0.439. The molecule has 4 heterocycles. The first-order valence-corrected chi connectivity index (χ1v) is 20.9. The molecular formula is C41H45N5O10S. The number of ether oxygens (including phenoxy) is 3. The van der Waals surface area contributed by atoms with Crippen molar-refractivity contribution in [2.24, 2.45) is 5.92 Å². The highest BCUT2D eigenvalue weighted by molar-refractivity contribution is 7.91. The topological polar surface area (TPSA) is 195 Å². The molecule has 5 atom stereocenters. The Kier molecular flexibility index (Phi) is 10.3. The maximum atomic E-state index is 14.5. The highest BCUT2D eigenvalue weighted by Gasteiger charge is 2.62. The summed E-state index contributed by atoms with van der Waals surface area (Å²) < 4.78 is 51.3. The van der Waals surface area contributed by atoms with Crippen molar-refractivity contribution in [2.45, 2.75) is 86.8 Å². The summed E-state index contributed by atoms with van der Waals surface area (Å²) >= 11 is 0. The van der Waals surface area contributed by atoms with Crippen LogP contribution in [0.4, 0.5) is 4.79 Å². The van der Waals surface area contributed by atoms with Crippen LogP contribution in [0.5, 0.6) is 11.5 Å². The van der Waals surface area contributed by atoms with Crippen molar-refractivity contribution in [1.82, 2.24) is 25.2 Å². The zero-order valence-corrected chi connectivity index (χ0v) is 32.5. The van der Waals surface area contributed by atoms with E-state index >= 15 is 0 Å². The molecule has 15 nitrogen and oxygen atoms in total. The monoisotopic (exact) mass is 799 g/mol. The fourth-order valence-electron chi connectivity index (χ4n) is 7.90. The zero-order valence-electron chi connectivity index (χ0n) is 31.7. The molecule has 0 radical (unpaired) electrons. The summed E-state index contributed by atoms with van der Waals surface area (Å²) in [5, 5.41) is 5.67. The Hall–Kier alpha value is -5.64. The van der Waals surface area contributed by atoms with Crippen molar-refractivity contribution < 1.29 is 46.2 Å². The Bertz CT molecular complexity index is 2380. The smallest absolute Gasteiger partial charge is 0.407 e. The molecular weight excluding hydrogens is 755 g/mol. The van der Waals surface area contributed by atoms with E-state index in [9.17, 15) is 27.6 Å². The van der Waals surface area contributed by atoms with Crippen molar-refractivity contribution in [3.05, 3.63) is 66.7 Å². The molecule has 2 aromatic heterocycles. The number of sulfonamides is 1. The fourth-order valence-corrected chi connectivity index (χ4v) is 9.26. The number of rotatable bonds is 8. The molecule has 3 N–H and O–H groups in total. The molecule has 4 aromatic rings. The van der Waals surface area contributed by atoms with Gasteiger partial charge in [0.2, 0.25) is 21.8 Å². The number of carbonyl (C=O) groups is 4. The van der Waals surface area contributed by atoms with Crippen LogP contribution in [-0.4, -0.2) is 91.9 Å². The number of amides is 4. The Morgan fingerprint density at radius 1 is 1.02 bits per heavy atom. The molecule has 4 amide bonds. The molecule has 2 saturated carbocycles. The maximum absolute atomic E-state index is 14.5. The average Bonchev–Trinajstić information content (AvgIpc) is 4.11. The van der Waals surface area contributed by atoms with Gasteiger partial charge in [-0.1, -0.05) is 49.3 Å². The Balaban J connectivity index is 1.15. The minimum absolute atomic E-state index is 0.0135. The SMILES string of the molecule is COC(=O)N[C@H]1CCCCC/C=C\[C@@H]2C[C@@]2(C(=O)NS(=O)(=O)C2CC2)NC(=O)[C@@H]2C[C@@H](Oc3cc(-c4cccc(OC)c4)nc4c3oc3ccccc34)CN2C1=O. The van der Waals surface area contributed by atoms with E-state index in [1.807, 2.05) is 60.7 Å². The Morgan fingerprint density at radius 3 is 2.63 bits per heavy atom. The molecule has 300 valence electrons. The summed E-state index contributed by atoms with van der Waals surface area (Å²) in [5.41, 5.74) is 1.36. The first-order chi connectivity index (χ1) is 27.5. The van der Waals surface area contributed by atoms with E-state index in [4.69, 9.17) is 23.6 Å². The van der Waals surface area contributed by atoms with Gasteiger partial charge in [0.05, 0.1) is 31.7 Å². The summed E-state index contributed by atoms with van der Waals surface area (Å²) in [5.74, 6) is -1.42. The number of hydrogen-bond acceptors (Lipinski definition) is 11. The van der Waals surface area contributed by atoms with E-state index in [-0.39, 0.29) is 19.4 Å². The summed E-state index contributed by atoms with van der Waals surface area (Å²) in [4.78, 5) is 61.6. The number of allylic oxidation sites excluding steroid dienone is 1. The summed E-state index contributed by atoms with van der Waals surface area (Å²) in [7, 11) is -1.12. The second-order valence-electron chi connectivity index (χ2n) is 15.2. The maximum Gasteiger partial charge on any atom is 0.407 e. The highest BCUT2D eigenvalue weighted by Crippen LogP contribution is 2.46. The van der Waals surface area contributed by atoms with Crippen molar-refractivity contribution in [1.29, 1.82) is 0 Å². The van der Waals surface area contributed by atoms with E-state index in [1.165, 1.54) is 12.0 Å². The molecule has 3 fully saturated rings. The van der Waals surface area contributed by atoms with Crippen LogP contribution in [0.15, 0.2) is 71.2 Å². The lowest BCUT2D eigenvalue weighted by Crippen LogP contribution is -2.58. The van der Waals surface area contributed by atoms with Gasteiger partial charge in [0.15, 0.2) is 11.3 Å². The van der Waals surface area contributed by atoms with Gasteiger partial charge >= 0.3 is 6.09 Å². The van der Waals surface area contributed by atoms with Gasteiger partial charge in [-0.2, -0.15) is 0 Å². The van der Waals surface area contributed by atoms with Crippen LogP contribution in [-0.2, 0) is 29.1 Å². The van der Waals surface area contributed by atoms with Gasteiger partial charge in [0.1, 0.15) is 40.6 Å². The normalized spacial score (nSPS) is 26.0. The molecule has 16 heteroatoms. The standard InChI is InChI=1S/C41H45N5O10S/c1-53-26-13-10-11-24(19-26)31-21-34(36-35(42-31)29-14-8-9-16-33(29)56-36)55-27-20-32-37(47)44-41(39(49)45-57(51,52)28-17-18-28)22-25(41)12-6-4-3-5-7-15-30(43-40(50)54-2)38(48)46(32)23-27/h6,8-14,16,19,21,25,27-28,30,32H,3-5,7,15,17-18,20,22-23H2,1-2H3,(H,43,50)(H,44,47)(H,45,49)/b12-6-/t25-,27-,30+,32+,41-/m1/s1. The third-order valence-electron chi connectivity index (χ3n) is 11.3.